The second-order valence-corrected chi connectivity index (χ2v) is 5.38. The SMILES string of the molecule is CCC(NC(=O)N(C)CCC(=O)O)c1ccc2c(c1)OCCO2. The number of fused-ring (bicyclic) bond motifs is 1. The van der Waals surface area contributed by atoms with Gasteiger partial charge in [0.1, 0.15) is 13.2 Å². The molecule has 1 heterocycles. The van der Waals surface area contributed by atoms with Gasteiger partial charge < -0.3 is 24.8 Å². The summed E-state index contributed by atoms with van der Waals surface area (Å²) in [5, 5.41) is 11.6. The van der Waals surface area contributed by atoms with E-state index in [1.165, 1.54) is 4.90 Å². The zero-order chi connectivity index (χ0) is 16.8. The standard InChI is InChI=1S/C16H22N2O5/c1-3-12(17-16(21)18(2)7-6-15(19)20)11-4-5-13-14(10-11)23-9-8-22-13/h4-5,10,12H,3,6-9H2,1-2H3,(H,17,21)(H,19,20). The monoisotopic (exact) mass is 322 g/mol. The Balaban J connectivity index is 2.01. The maximum atomic E-state index is 12.2. The van der Waals surface area contributed by atoms with Crippen LogP contribution in [0.2, 0.25) is 0 Å². The number of nitrogens with zero attached hydrogens (tertiary/aromatic N) is 1. The third-order valence-corrected chi connectivity index (χ3v) is 3.68. The fourth-order valence-electron chi connectivity index (χ4n) is 2.32. The first-order valence-electron chi connectivity index (χ1n) is 7.64. The van der Waals surface area contributed by atoms with Crippen LogP contribution in [0, 0.1) is 0 Å². The van der Waals surface area contributed by atoms with E-state index in [9.17, 15) is 9.59 Å². The van der Waals surface area contributed by atoms with Gasteiger partial charge in [-0.15, -0.1) is 0 Å². The lowest BCUT2D eigenvalue weighted by molar-refractivity contribution is -0.137. The van der Waals surface area contributed by atoms with E-state index in [2.05, 4.69) is 5.32 Å². The number of urea groups is 1. The third kappa shape index (κ3) is 4.51. The Morgan fingerprint density at radius 2 is 2.00 bits per heavy atom. The number of aliphatic carboxylic acids is 1. The minimum atomic E-state index is -0.927. The highest BCUT2D eigenvalue weighted by atomic mass is 16.6. The van der Waals surface area contributed by atoms with Gasteiger partial charge in [0.25, 0.3) is 0 Å². The number of amides is 2. The van der Waals surface area contributed by atoms with Crippen molar-refractivity contribution in [1.29, 1.82) is 0 Å². The highest BCUT2D eigenvalue weighted by Crippen LogP contribution is 2.33. The third-order valence-electron chi connectivity index (χ3n) is 3.68. The molecule has 0 saturated carbocycles. The molecule has 0 bridgehead atoms. The van der Waals surface area contributed by atoms with Crippen molar-refractivity contribution < 1.29 is 24.2 Å². The minimum absolute atomic E-state index is 0.0786. The summed E-state index contributed by atoms with van der Waals surface area (Å²) < 4.78 is 11.1. The topological polar surface area (TPSA) is 88.1 Å². The summed E-state index contributed by atoms with van der Waals surface area (Å²) in [4.78, 5) is 24.1. The van der Waals surface area contributed by atoms with Crippen LogP contribution in [0.1, 0.15) is 31.4 Å². The van der Waals surface area contributed by atoms with E-state index in [1.807, 2.05) is 25.1 Å². The van der Waals surface area contributed by atoms with Crippen molar-refractivity contribution in [3.05, 3.63) is 23.8 Å². The lowest BCUT2D eigenvalue weighted by Crippen LogP contribution is -2.40. The molecular formula is C16H22N2O5. The molecule has 0 radical (unpaired) electrons. The number of hydrogen-bond donors (Lipinski definition) is 2. The Hall–Kier alpha value is -2.44. The smallest absolute Gasteiger partial charge is 0.317 e. The number of carbonyl (C=O) groups is 2. The molecule has 1 aliphatic heterocycles. The molecule has 0 saturated heterocycles. The highest BCUT2D eigenvalue weighted by Gasteiger charge is 2.19. The summed E-state index contributed by atoms with van der Waals surface area (Å²) in [7, 11) is 1.58. The van der Waals surface area contributed by atoms with E-state index < -0.39 is 5.97 Å². The number of carbonyl (C=O) groups excluding carboxylic acids is 1. The normalized spacial score (nSPS) is 14.0. The van der Waals surface area contributed by atoms with Gasteiger partial charge in [0, 0.05) is 13.6 Å². The van der Waals surface area contributed by atoms with Crippen LogP contribution < -0.4 is 14.8 Å². The molecule has 23 heavy (non-hydrogen) atoms. The van der Waals surface area contributed by atoms with E-state index in [0.29, 0.717) is 31.1 Å². The quantitative estimate of drug-likeness (QED) is 0.836. The second kappa shape index (κ2) is 7.71. The fourth-order valence-corrected chi connectivity index (χ4v) is 2.32. The summed E-state index contributed by atoms with van der Waals surface area (Å²) in [6.45, 7) is 3.18. The average molecular weight is 322 g/mol. The lowest BCUT2D eigenvalue weighted by Gasteiger charge is -2.24. The lowest BCUT2D eigenvalue weighted by atomic mass is 10.0. The summed E-state index contributed by atoms with van der Waals surface area (Å²) in [5.74, 6) is 0.462. The molecule has 7 nitrogen and oxygen atoms in total. The van der Waals surface area contributed by atoms with E-state index in [1.54, 1.807) is 7.05 Å². The van der Waals surface area contributed by atoms with Crippen molar-refractivity contribution >= 4 is 12.0 Å². The van der Waals surface area contributed by atoms with Crippen LogP contribution in [0.15, 0.2) is 18.2 Å². The van der Waals surface area contributed by atoms with E-state index >= 15 is 0 Å². The largest absolute Gasteiger partial charge is 0.486 e. The van der Waals surface area contributed by atoms with Crippen molar-refractivity contribution in [2.75, 3.05) is 26.8 Å². The number of nitrogens with one attached hydrogen (secondary N) is 1. The molecule has 0 aromatic heterocycles. The first-order chi connectivity index (χ1) is 11.0. The molecule has 1 unspecified atom stereocenters. The van der Waals surface area contributed by atoms with E-state index in [0.717, 1.165) is 5.56 Å². The number of ether oxygens (including phenoxy) is 2. The zero-order valence-electron chi connectivity index (χ0n) is 13.4. The summed E-state index contributed by atoms with van der Waals surface area (Å²) in [6, 6.07) is 5.14. The van der Waals surface area contributed by atoms with Crippen LogP contribution in [0.25, 0.3) is 0 Å². The molecule has 7 heteroatoms. The van der Waals surface area contributed by atoms with Crippen molar-refractivity contribution in [1.82, 2.24) is 10.2 Å². The highest BCUT2D eigenvalue weighted by molar-refractivity contribution is 5.75. The predicted octanol–water partition coefficient (Wildman–Crippen LogP) is 2.03. The Morgan fingerprint density at radius 1 is 1.30 bits per heavy atom. The van der Waals surface area contributed by atoms with Crippen molar-refractivity contribution in [3.8, 4) is 11.5 Å². The van der Waals surface area contributed by atoms with Gasteiger partial charge in [-0.25, -0.2) is 4.79 Å². The summed E-state index contributed by atoms with van der Waals surface area (Å²) in [5.41, 5.74) is 0.928. The van der Waals surface area contributed by atoms with Gasteiger partial charge in [0.05, 0.1) is 12.5 Å². The van der Waals surface area contributed by atoms with Gasteiger partial charge in [-0.1, -0.05) is 13.0 Å². The van der Waals surface area contributed by atoms with Crippen LogP contribution in [-0.4, -0.2) is 48.8 Å². The molecule has 0 aliphatic carbocycles. The van der Waals surface area contributed by atoms with Crippen LogP contribution >= 0.6 is 0 Å². The average Bonchev–Trinajstić information content (AvgIpc) is 2.56. The molecule has 1 aromatic rings. The predicted molar refractivity (Wildman–Crippen MR) is 83.9 cm³/mol. The fraction of sp³-hybridized carbons (Fsp3) is 0.500. The number of rotatable bonds is 6. The first-order valence-corrected chi connectivity index (χ1v) is 7.64. The Labute approximate surface area is 135 Å². The van der Waals surface area contributed by atoms with Gasteiger partial charge in [-0.05, 0) is 24.1 Å². The van der Waals surface area contributed by atoms with Crippen LogP contribution in [0.5, 0.6) is 11.5 Å². The zero-order valence-corrected chi connectivity index (χ0v) is 13.4. The number of hydrogen-bond acceptors (Lipinski definition) is 4. The number of carboxylic acid groups (broad SMARTS) is 1. The molecule has 1 aliphatic rings. The van der Waals surface area contributed by atoms with Crippen LogP contribution in [0.3, 0.4) is 0 Å². The van der Waals surface area contributed by atoms with Crippen molar-refractivity contribution in [2.45, 2.75) is 25.8 Å². The number of carboxylic acids is 1. The minimum Gasteiger partial charge on any atom is -0.486 e. The van der Waals surface area contributed by atoms with Gasteiger partial charge in [-0.2, -0.15) is 0 Å². The summed E-state index contributed by atoms with van der Waals surface area (Å²) >= 11 is 0. The van der Waals surface area contributed by atoms with Gasteiger partial charge in [-0.3, -0.25) is 4.79 Å². The molecular weight excluding hydrogens is 300 g/mol. The molecule has 0 spiro atoms. The molecule has 0 fully saturated rings. The Bertz CT molecular complexity index is 576. The maximum absolute atomic E-state index is 12.2. The van der Waals surface area contributed by atoms with Crippen LogP contribution in [-0.2, 0) is 4.79 Å². The van der Waals surface area contributed by atoms with Crippen molar-refractivity contribution in [2.24, 2.45) is 0 Å². The number of benzene rings is 1. The van der Waals surface area contributed by atoms with E-state index in [4.69, 9.17) is 14.6 Å². The maximum Gasteiger partial charge on any atom is 0.317 e. The molecule has 2 N–H and O–H groups in total. The van der Waals surface area contributed by atoms with Gasteiger partial charge in [0.2, 0.25) is 0 Å². The molecule has 2 amide bonds. The van der Waals surface area contributed by atoms with Gasteiger partial charge >= 0.3 is 12.0 Å². The molecule has 2 rings (SSSR count). The summed E-state index contributed by atoms with van der Waals surface area (Å²) in [6.07, 6.45) is 0.628. The Kier molecular flexibility index (Phi) is 5.67. The Morgan fingerprint density at radius 3 is 2.65 bits per heavy atom. The van der Waals surface area contributed by atoms with Crippen LogP contribution in [0.4, 0.5) is 4.79 Å². The first kappa shape index (κ1) is 16.9. The van der Waals surface area contributed by atoms with Crippen molar-refractivity contribution in [3.63, 3.8) is 0 Å². The van der Waals surface area contributed by atoms with Gasteiger partial charge in [0.15, 0.2) is 11.5 Å². The molecule has 1 aromatic carbocycles. The second-order valence-electron chi connectivity index (χ2n) is 5.38. The molecule has 126 valence electrons. The van der Waals surface area contributed by atoms with E-state index in [-0.39, 0.29) is 25.0 Å². The molecule has 1 atom stereocenters.